The Morgan fingerprint density at radius 3 is 2.47 bits per heavy atom. The highest BCUT2D eigenvalue weighted by molar-refractivity contribution is 5.81. The van der Waals surface area contributed by atoms with Gasteiger partial charge in [-0.2, -0.15) is 0 Å². The molecule has 0 saturated heterocycles. The second-order valence-corrected chi connectivity index (χ2v) is 4.20. The number of benzene rings is 1. The number of amides is 1. The Morgan fingerprint density at radius 2 is 1.95 bits per heavy atom. The summed E-state index contributed by atoms with van der Waals surface area (Å²) in [6, 6.07) is 7.27. The SMILES string of the molecule is C=CCN(CC(=O)O)C(=O)CCc1ccc(N)cc1. The summed E-state index contributed by atoms with van der Waals surface area (Å²) in [5.74, 6) is -1.22. The molecule has 0 saturated carbocycles. The number of nitrogens with zero attached hydrogens (tertiary/aromatic N) is 1. The van der Waals surface area contributed by atoms with Gasteiger partial charge in [0.25, 0.3) is 0 Å². The molecule has 0 aliphatic heterocycles. The minimum Gasteiger partial charge on any atom is -0.480 e. The molecule has 0 radical (unpaired) electrons. The Morgan fingerprint density at radius 1 is 1.32 bits per heavy atom. The van der Waals surface area contributed by atoms with Gasteiger partial charge < -0.3 is 15.7 Å². The van der Waals surface area contributed by atoms with E-state index >= 15 is 0 Å². The van der Waals surface area contributed by atoms with E-state index in [2.05, 4.69) is 6.58 Å². The monoisotopic (exact) mass is 262 g/mol. The fraction of sp³-hybridized carbons (Fsp3) is 0.286. The van der Waals surface area contributed by atoms with Crippen molar-refractivity contribution in [3.8, 4) is 0 Å². The maximum atomic E-state index is 11.9. The van der Waals surface area contributed by atoms with Crippen LogP contribution in [0.4, 0.5) is 5.69 Å². The van der Waals surface area contributed by atoms with E-state index in [1.54, 1.807) is 12.1 Å². The lowest BCUT2D eigenvalue weighted by molar-refractivity contribution is -0.144. The van der Waals surface area contributed by atoms with E-state index < -0.39 is 5.97 Å². The van der Waals surface area contributed by atoms with Gasteiger partial charge in [-0.25, -0.2) is 0 Å². The number of nitrogens with two attached hydrogens (primary N) is 1. The summed E-state index contributed by atoms with van der Waals surface area (Å²) in [5, 5.41) is 8.73. The Kier molecular flexibility index (Phi) is 5.60. The number of carbonyl (C=O) groups is 2. The van der Waals surface area contributed by atoms with Crippen LogP contribution >= 0.6 is 0 Å². The van der Waals surface area contributed by atoms with Crippen LogP contribution in [-0.2, 0) is 16.0 Å². The number of hydrogen-bond donors (Lipinski definition) is 2. The molecule has 1 amide bonds. The zero-order chi connectivity index (χ0) is 14.3. The molecule has 102 valence electrons. The van der Waals surface area contributed by atoms with Crippen molar-refractivity contribution in [2.75, 3.05) is 18.8 Å². The summed E-state index contributed by atoms with van der Waals surface area (Å²) in [7, 11) is 0. The van der Waals surface area contributed by atoms with E-state index in [1.165, 1.54) is 11.0 Å². The van der Waals surface area contributed by atoms with Crippen molar-refractivity contribution < 1.29 is 14.7 Å². The first-order valence-corrected chi connectivity index (χ1v) is 5.98. The second kappa shape index (κ2) is 7.20. The van der Waals surface area contributed by atoms with Gasteiger partial charge in [-0.05, 0) is 24.1 Å². The number of carboxylic acid groups (broad SMARTS) is 1. The fourth-order valence-electron chi connectivity index (χ4n) is 1.67. The number of hydrogen-bond acceptors (Lipinski definition) is 3. The molecular formula is C14H18N2O3. The van der Waals surface area contributed by atoms with Gasteiger partial charge in [0, 0.05) is 18.7 Å². The topological polar surface area (TPSA) is 83.6 Å². The Bertz CT molecular complexity index is 454. The molecule has 1 aromatic rings. The van der Waals surface area contributed by atoms with Crippen LogP contribution < -0.4 is 5.73 Å². The average molecular weight is 262 g/mol. The lowest BCUT2D eigenvalue weighted by Crippen LogP contribution is -2.35. The highest BCUT2D eigenvalue weighted by atomic mass is 16.4. The third-order valence-corrected chi connectivity index (χ3v) is 2.64. The molecule has 5 nitrogen and oxygen atoms in total. The molecule has 19 heavy (non-hydrogen) atoms. The van der Waals surface area contributed by atoms with E-state index in [4.69, 9.17) is 10.8 Å². The predicted octanol–water partition coefficient (Wildman–Crippen LogP) is 1.30. The zero-order valence-electron chi connectivity index (χ0n) is 10.7. The van der Waals surface area contributed by atoms with Gasteiger partial charge in [0.05, 0.1) is 0 Å². The molecular weight excluding hydrogens is 244 g/mol. The van der Waals surface area contributed by atoms with Crippen LogP contribution in [0.25, 0.3) is 0 Å². The standard InChI is InChI=1S/C14H18N2O3/c1-2-9-16(10-14(18)19)13(17)8-5-11-3-6-12(15)7-4-11/h2-4,6-7H,1,5,8-10,15H2,(H,18,19). The Balaban J connectivity index is 2.54. The molecule has 0 bridgehead atoms. The Labute approximate surface area is 112 Å². The van der Waals surface area contributed by atoms with Gasteiger partial charge in [-0.15, -0.1) is 6.58 Å². The van der Waals surface area contributed by atoms with Crippen LogP contribution in [-0.4, -0.2) is 35.0 Å². The van der Waals surface area contributed by atoms with Crippen LogP contribution in [0.2, 0.25) is 0 Å². The molecule has 0 aromatic heterocycles. The highest BCUT2D eigenvalue weighted by Gasteiger charge is 2.14. The van der Waals surface area contributed by atoms with Crippen molar-refractivity contribution in [2.45, 2.75) is 12.8 Å². The zero-order valence-corrected chi connectivity index (χ0v) is 10.7. The normalized spacial score (nSPS) is 9.89. The number of rotatable bonds is 7. The van der Waals surface area contributed by atoms with Crippen LogP contribution in [0.15, 0.2) is 36.9 Å². The quantitative estimate of drug-likeness (QED) is 0.573. The first kappa shape index (κ1) is 14.8. The summed E-state index contributed by atoms with van der Waals surface area (Å²) in [6.45, 7) is 3.46. The molecule has 1 aromatic carbocycles. The van der Waals surface area contributed by atoms with Gasteiger partial charge in [0.15, 0.2) is 0 Å². The van der Waals surface area contributed by atoms with Gasteiger partial charge in [0.2, 0.25) is 5.91 Å². The molecule has 1 rings (SSSR count). The Hall–Kier alpha value is -2.30. The van der Waals surface area contributed by atoms with Crippen molar-refractivity contribution in [1.29, 1.82) is 0 Å². The van der Waals surface area contributed by atoms with Crippen LogP contribution in [0.1, 0.15) is 12.0 Å². The first-order chi connectivity index (χ1) is 9.02. The molecule has 3 N–H and O–H groups in total. The predicted molar refractivity (Wildman–Crippen MR) is 73.6 cm³/mol. The van der Waals surface area contributed by atoms with Crippen LogP contribution in [0.3, 0.4) is 0 Å². The van der Waals surface area contributed by atoms with Crippen molar-refractivity contribution in [3.63, 3.8) is 0 Å². The highest BCUT2D eigenvalue weighted by Crippen LogP contribution is 2.08. The number of aliphatic carboxylic acids is 1. The van der Waals surface area contributed by atoms with Crippen molar-refractivity contribution >= 4 is 17.6 Å². The van der Waals surface area contributed by atoms with Gasteiger partial charge in [-0.3, -0.25) is 9.59 Å². The van der Waals surface area contributed by atoms with Crippen molar-refractivity contribution in [1.82, 2.24) is 4.90 Å². The third-order valence-electron chi connectivity index (χ3n) is 2.64. The van der Waals surface area contributed by atoms with E-state index in [9.17, 15) is 9.59 Å². The summed E-state index contributed by atoms with van der Waals surface area (Å²) < 4.78 is 0. The van der Waals surface area contributed by atoms with E-state index in [0.29, 0.717) is 12.1 Å². The molecule has 0 heterocycles. The van der Waals surface area contributed by atoms with E-state index in [0.717, 1.165) is 5.56 Å². The summed E-state index contributed by atoms with van der Waals surface area (Å²) in [6.07, 6.45) is 2.35. The number of aryl methyl sites for hydroxylation is 1. The van der Waals surface area contributed by atoms with Gasteiger partial charge >= 0.3 is 5.97 Å². The lowest BCUT2D eigenvalue weighted by Gasteiger charge is -2.18. The molecule has 0 spiro atoms. The molecule has 0 aliphatic carbocycles. The van der Waals surface area contributed by atoms with Gasteiger partial charge in [0.1, 0.15) is 6.54 Å². The number of carboxylic acids is 1. The summed E-state index contributed by atoms with van der Waals surface area (Å²) in [5.41, 5.74) is 7.25. The number of carbonyl (C=O) groups excluding carboxylic acids is 1. The molecule has 5 heteroatoms. The summed E-state index contributed by atoms with van der Waals surface area (Å²) >= 11 is 0. The van der Waals surface area contributed by atoms with E-state index in [1.807, 2.05) is 12.1 Å². The third kappa shape index (κ3) is 5.25. The van der Waals surface area contributed by atoms with Crippen molar-refractivity contribution in [2.24, 2.45) is 0 Å². The van der Waals surface area contributed by atoms with Crippen LogP contribution in [0, 0.1) is 0 Å². The minimum absolute atomic E-state index is 0.195. The number of nitrogen functional groups attached to an aromatic ring is 1. The average Bonchev–Trinajstić information content (AvgIpc) is 2.37. The fourth-order valence-corrected chi connectivity index (χ4v) is 1.67. The van der Waals surface area contributed by atoms with E-state index in [-0.39, 0.29) is 25.4 Å². The largest absolute Gasteiger partial charge is 0.480 e. The smallest absolute Gasteiger partial charge is 0.323 e. The summed E-state index contributed by atoms with van der Waals surface area (Å²) in [4.78, 5) is 23.8. The lowest BCUT2D eigenvalue weighted by atomic mass is 10.1. The van der Waals surface area contributed by atoms with Gasteiger partial charge in [-0.1, -0.05) is 18.2 Å². The maximum absolute atomic E-state index is 11.9. The van der Waals surface area contributed by atoms with Crippen molar-refractivity contribution in [3.05, 3.63) is 42.5 Å². The molecule has 0 aliphatic rings. The molecule has 0 atom stereocenters. The number of anilines is 1. The molecule has 0 unspecified atom stereocenters. The van der Waals surface area contributed by atoms with Crippen LogP contribution in [0.5, 0.6) is 0 Å². The second-order valence-electron chi connectivity index (χ2n) is 4.20. The molecule has 0 fully saturated rings. The first-order valence-electron chi connectivity index (χ1n) is 5.98. The maximum Gasteiger partial charge on any atom is 0.323 e. The minimum atomic E-state index is -1.03.